The lowest BCUT2D eigenvalue weighted by Gasteiger charge is -2.12. The first-order valence-corrected chi connectivity index (χ1v) is 10.7. The van der Waals surface area contributed by atoms with E-state index in [1.807, 2.05) is 48.5 Å². The second kappa shape index (κ2) is 9.16. The van der Waals surface area contributed by atoms with Crippen LogP contribution in [0, 0.1) is 12.8 Å². The van der Waals surface area contributed by atoms with Gasteiger partial charge < -0.3 is 15.4 Å². The fourth-order valence-electron chi connectivity index (χ4n) is 4.22. The number of carbonyl (C=O) groups is 1. The summed E-state index contributed by atoms with van der Waals surface area (Å²) in [7, 11) is 1.66. The van der Waals surface area contributed by atoms with Crippen LogP contribution in [0.5, 0.6) is 5.75 Å². The van der Waals surface area contributed by atoms with E-state index in [-0.39, 0.29) is 5.91 Å². The molecule has 2 aromatic carbocycles. The van der Waals surface area contributed by atoms with Crippen molar-refractivity contribution in [1.82, 2.24) is 4.98 Å². The van der Waals surface area contributed by atoms with Gasteiger partial charge in [-0.15, -0.1) is 0 Å². The topological polar surface area (TPSA) is 63.2 Å². The maximum atomic E-state index is 12.3. The standard InChI is InChI=1S/C25H29N3O2/c1-17-15-24(26-19-8-11-21(30-2)12-9-19)28-23-13-10-20(16-22(17)23)27-25(29)14-7-18-5-3-4-6-18/h8-13,15-16,18H,3-7,14H2,1-2H3,(H,26,28)(H,27,29). The smallest absolute Gasteiger partial charge is 0.224 e. The molecule has 0 aliphatic heterocycles. The van der Waals surface area contributed by atoms with E-state index in [1.165, 1.54) is 25.7 Å². The summed E-state index contributed by atoms with van der Waals surface area (Å²) in [6.45, 7) is 2.06. The molecule has 0 spiro atoms. The van der Waals surface area contributed by atoms with Gasteiger partial charge in [0, 0.05) is 23.2 Å². The molecule has 1 aromatic heterocycles. The summed E-state index contributed by atoms with van der Waals surface area (Å²) in [4.78, 5) is 17.1. The zero-order chi connectivity index (χ0) is 20.9. The van der Waals surface area contributed by atoms with Gasteiger partial charge in [-0.2, -0.15) is 0 Å². The Kier molecular flexibility index (Phi) is 6.17. The maximum absolute atomic E-state index is 12.3. The maximum Gasteiger partial charge on any atom is 0.224 e. The van der Waals surface area contributed by atoms with Gasteiger partial charge in [0.2, 0.25) is 5.91 Å². The van der Waals surface area contributed by atoms with Crippen molar-refractivity contribution in [3.8, 4) is 5.75 Å². The molecular weight excluding hydrogens is 374 g/mol. The van der Waals surface area contributed by atoms with Crippen LogP contribution >= 0.6 is 0 Å². The molecule has 3 aromatic rings. The van der Waals surface area contributed by atoms with Crippen molar-refractivity contribution in [2.24, 2.45) is 5.92 Å². The van der Waals surface area contributed by atoms with E-state index < -0.39 is 0 Å². The molecular formula is C25H29N3O2. The molecule has 0 saturated heterocycles. The molecule has 1 saturated carbocycles. The van der Waals surface area contributed by atoms with E-state index in [0.29, 0.717) is 6.42 Å². The first-order valence-electron chi connectivity index (χ1n) is 10.7. The second-order valence-electron chi connectivity index (χ2n) is 8.15. The third-order valence-electron chi connectivity index (χ3n) is 5.92. The molecule has 30 heavy (non-hydrogen) atoms. The number of hydrogen-bond donors (Lipinski definition) is 2. The van der Waals surface area contributed by atoms with Gasteiger partial charge in [-0.3, -0.25) is 4.79 Å². The van der Waals surface area contributed by atoms with Crippen molar-refractivity contribution < 1.29 is 9.53 Å². The van der Waals surface area contributed by atoms with Crippen molar-refractivity contribution in [1.29, 1.82) is 0 Å². The lowest BCUT2D eigenvalue weighted by Crippen LogP contribution is -2.12. The minimum Gasteiger partial charge on any atom is -0.497 e. The van der Waals surface area contributed by atoms with E-state index in [2.05, 4.69) is 17.6 Å². The Labute approximate surface area is 177 Å². The third kappa shape index (κ3) is 4.90. The number of fused-ring (bicyclic) bond motifs is 1. The van der Waals surface area contributed by atoms with Crippen molar-refractivity contribution in [2.75, 3.05) is 17.7 Å². The molecule has 0 atom stereocenters. The quantitative estimate of drug-likeness (QED) is 0.493. The number of nitrogens with zero attached hydrogens (tertiary/aromatic N) is 1. The summed E-state index contributed by atoms with van der Waals surface area (Å²) in [5.74, 6) is 2.44. The van der Waals surface area contributed by atoms with Gasteiger partial charge in [-0.25, -0.2) is 4.98 Å². The van der Waals surface area contributed by atoms with Crippen molar-refractivity contribution in [2.45, 2.75) is 45.4 Å². The lowest BCUT2D eigenvalue weighted by molar-refractivity contribution is -0.116. The third-order valence-corrected chi connectivity index (χ3v) is 5.92. The summed E-state index contributed by atoms with van der Waals surface area (Å²) in [6, 6.07) is 15.7. The van der Waals surface area contributed by atoms with Gasteiger partial charge in [-0.1, -0.05) is 25.7 Å². The number of anilines is 3. The van der Waals surface area contributed by atoms with Crippen molar-refractivity contribution >= 4 is 34.0 Å². The number of nitrogens with one attached hydrogen (secondary N) is 2. The number of methoxy groups -OCH3 is 1. The van der Waals surface area contributed by atoms with Crippen LogP contribution in [0.3, 0.4) is 0 Å². The van der Waals surface area contributed by atoms with Crippen LogP contribution in [-0.4, -0.2) is 18.0 Å². The molecule has 156 valence electrons. The molecule has 1 fully saturated rings. The Morgan fingerprint density at radius 3 is 2.53 bits per heavy atom. The molecule has 2 N–H and O–H groups in total. The minimum absolute atomic E-state index is 0.102. The average Bonchev–Trinajstić information content (AvgIpc) is 3.27. The first kappa shape index (κ1) is 20.2. The van der Waals surface area contributed by atoms with Gasteiger partial charge >= 0.3 is 0 Å². The molecule has 0 radical (unpaired) electrons. The number of hydrogen-bond acceptors (Lipinski definition) is 4. The molecule has 1 aliphatic carbocycles. The van der Waals surface area contributed by atoms with Crippen LogP contribution in [0.15, 0.2) is 48.5 Å². The molecule has 1 amide bonds. The number of rotatable bonds is 7. The Morgan fingerprint density at radius 1 is 1.07 bits per heavy atom. The van der Waals surface area contributed by atoms with Crippen LogP contribution in [0.25, 0.3) is 10.9 Å². The Hall–Kier alpha value is -3.08. The van der Waals surface area contributed by atoms with Crippen LogP contribution < -0.4 is 15.4 Å². The lowest BCUT2D eigenvalue weighted by atomic mass is 10.0. The molecule has 1 aliphatic rings. The highest BCUT2D eigenvalue weighted by molar-refractivity contribution is 5.94. The zero-order valence-electron chi connectivity index (χ0n) is 17.7. The average molecular weight is 404 g/mol. The zero-order valence-corrected chi connectivity index (χ0v) is 17.7. The Bertz CT molecular complexity index is 1020. The van der Waals surface area contributed by atoms with Crippen LogP contribution in [0.2, 0.25) is 0 Å². The largest absolute Gasteiger partial charge is 0.497 e. The van der Waals surface area contributed by atoms with Crippen LogP contribution in [-0.2, 0) is 4.79 Å². The second-order valence-corrected chi connectivity index (χ2v) is 8.15. The number of benzene rings is 2. The summed E-state index contributed by atoms with van der Waals surface area (Å²) in [5.41, 5.74) is 3.79. The highest BCUT2D eigenvalue weighted by Gasteiger charge is 2.16. The number of aryl methyl sites for hydroxylation is 1. The summed E-state index contributed by atoms with van der Waals surface area (Å²) in [6.07, 6.45) is 6.80. The van der Waals surface area contributed by atoms with Gasteiger partial charge in [0.1, 0.15) is 11.6 Å². The van der Waals surface area contributed by atoms with Gasteiger partial charge in [0.25, 0.3) is 0 Å². The van der Waals surface area contributed by atoms with E-state index in [9.17, 15) is 4.79 Å². The summed E-state index contributed by atoms with van der Waals surface area (Å²) >= 11 is 0. The molecule has 4 rings (SSSR count). The Morgan fingerprint density at radius 2 is 1.80 bits per heavy atom. The molecule has 1 heterocycles. The normalized spacial score (nSPS) is 14.1. The summed E-state index contributed by atoms with van der Waals surface area (Å²) < 4.78 is 5.20. The SMILES string of the molecule is COc1ccc(Nc2cc(C)c3cc(NC(=O)CCC4CCCC4)ccc3n2)cc1. The molecule has 0 unspecified atom stereocenters. The minimum atomic E-state index is 0.102. The first-order chi connectivity index (χ1) is 14.6. The van der Waals surface area contributed by atoms with Gasteiger partial charge in [0.05, 0.1) is 12.6 Å². The monoisotopic (exact) mass is 403 g/mol. The van der Waals surface area contributed by atoms with E-state index >= 15 is 0 Å². The molecule has 5 nitrogen and oxygen atoms in total. The van der Waals surface area contributed by atoms with Gasteiger partial charge in [-0.05, 0) is 73.4 Å². The van der Waals surface area contributed by atoms with E-state index in [4.69, 9.17) is 9.72 Å². The fraction of sp³-hybridized carbons (Fsp3) is 0.360. The predicted octanol–water partition coefficient (Wildman–Crippen LogP) is 6.20. The number of amides is 1. The van der Waals surface area contributed by atoms with Crippen molar-refractivity contribution in [3.63, 3.8) is 0 Å². The van der Waals surface area contributed by atoms with Crippen LogP contribution in [0.4, 0.5) is 17.2 Å². The number of pyridine rings is 1. The van der Waals surface area contributed by atoms with Crippen LogP contribution in [0.1, 0.15) is 44.1 Å². The van der Waals surface area contributed by atoms with E-state index in [0.717, 1.165) is 51.7 Å². The number of carbonyl (C=O) groups excluding carboxylic acids is 1. The predicted molar refractivity (Wildman–Crippen MR) is 123 cm³/mol. The van der Waals surface area contributed by atoms with Crippen molar-refractivity contribution in [3.05, 3.63) is 54.1 Å². The molecule has 0 bridgehead atoms. The number of ether oxygens (including phenoxy) is 1. The molecule has 5 heteroatoms. The highest BCUT2D eigenvalue weighted by Crippen LogP contribution is 2.29. The highest BCUT2D eigenvalue weighted by atomic mass is 16.5. The summed E-state index contributed by atoms with van der Waals surface area (Å²) in [5, 5.41) is 7.44. The fourth-order valence-corrected chi connectivity index (χ4v) is 4.22. The van der Waals surface area contributed by atoms with E-state index in [1.54, 1.807) is 7.11 Å². The number of aromatic nitrogens is 1. The van der Waals surface area contributed by atoms with Gasteiger partial charge in [0.15, 0.2) is 0 Å². The Balaban J connectivity index is 1.44.